The molecule has 0 radical (unpaired) electrons. The second-order valence-corrected chi connectivity index (χ2v) is 4.77. The monoisotopic (exact) mass is 304 g/mol. The molecule has 1 aliphatic rings. The minimum atomic E-state index is 0.831. The molecule has 0 atom stereocenters. The molecule has 0 unspecified atom stereocenters. The first-order valence-corrected chi connectivity index (χ1v) is 5.81. The largest absolute Gasteiger partial charge is 0.493 e. The van der Waals surface area contributed by atoms with Crippen molar-refractivity contribution in [1.29, 1.82) is 0 Å². The molecule has 76 valence electrons. The van der Waals surface area contributed by atoms with Crippen molar-refractivity contribution in [2.75, 3.05) is 19.0 Å². The number of nitrogens with zero attached hydrogens (tertiary/aromatic N) is 1. The Morgan fingerprint density at radius 2 is 2.43 bits per heavy atom. The van der Waals surface area contributed by atoms with Crippen molar-refractivity contribution in [2.24, 2.45) is 5.92 Å². The minimum absolute atomic E-state index is 0.831. The predicted molar refractivity (Wildman–Crippen MR) is 64.7 cm³/mol. The van der Waals surface area contributed by atoms with Gasteiger partial charge in [-0.2, -0.15) is 0 Å². The average Bonchev–Trinajstić information content (AvgIpc) is 2.99. The lowest BCUT2D eigenvalue weighted by Crippen LogP contribution is -2.06. The standard InChI is InChI=1S/C10H13IN2O/c1-14-9-4-8(11)6-13-10(9)12-5-7-2-3-7/h4,6-7H,2-3,5H2,1H3,(H,12,13). The third kappa shape index (κ3) is 2.50. The number of nitrogens with one attached hydrogen (secondary N) is 1. The zero-order valence-electron chi connectivity index (χ0n) is 8.09. The average molecular weight is 304 g/mol. The summed E-state index contributed by atoms with van der Waals surface area (Å²) in [6.07, 6.45) is 4.54. The fraction of sp³-hybridized carbons (Fsp3) is 0.500. The molecule has 0 bridgehead atoms. The molecule has 1 fully saturated rings. The summed E-state index contributed by atoms with van der Waals surface area (Å²) in [4.78, 5) is 4.31. The lowest BCUT2D eigenvalue weighted by atomic mass is 10.4. The van der Waals surface area contributed by atoms with Crippen LogP contribution in [0.5, 0.6) is 5.75 Å². The van der Waals surface area contributed by atoms with Crippen LogP contribution in [0.15, 0.2) is 12.3 Å². The Balaban J connectivity index is 2.05. The van der Waals surface area contributed by atoms with Gasteiger partial charge >= 0.3 is 0 Å². The van der Waals surface area contributed by atoms with E-state index in [1.165, 1.54) is 12.8 Å². The van der Waals surface area contributed by atoms with E-state index in [0.717, 1.165) is 27.6 Å². The van der Waals surface area contributed by atoms with Crippen LogP contribution in [0.2, 0.25) is 0 Å². The van der Waals surface area contributed by atoms with Crippen LogP contribution in [0, 0.1) is 9.49 Å². The van der Waals surface area contributed by atoms with Gasteiger partial charge in [0.1, 0.15) is 0 Å². The van der Waals surface area contributed by atoms with Crippen LogP contribution in [0.4, 0.5) is 5.82 Å². The van der Waals surface area contributed by atoms with Crippen LogP contribution in [-0.4, -0.2) is 18.6 Å². The summed E-state index contributed by atoms with van der Waals surface area (Å²) in [6.45, 7) is 1.02. The summed E-state index contributed by atoms with van der Waals surface area (Å²) in [6, 6.07) is 1.99. The topological polar surface area (TPSA) is 34.1 Å². The minimum Gasteiger partial charge on any atom is -0.493 e. The molecule has 0 aromatic carbocycles. The Morgan fingerprint density at radius 1 is 1.64 bits per heavy atom. The lowest BCUT2D eigenvalue weighted by molar-refractivity contribution is 0.414. The second-order valence-electron chi connectivity index (χ2n) is 3.53. The van der Waals surface area contributed by atoms with E-state index in [1.54, 1.807) is 7.11 Å². The van der Waals surface area contributed by atoms with Crippen LogP contribution >= 0.6 is 22.6 Å². The third-order valence-electron chi connectivity index (χ3n) is 2.29. The maximum absolute atomic E-state index is 5.25. The van der Waals surface area contributed by atoms with Crippen molar-refractivity contribution < 1.29 is 4.74 Å². The van der Waals surface area contributed by atoms with Gasteiger partial charge in [-0.05, 0) is 47.4 Å². The quantitative estimate of drug-likeness (QED) is 0.868. The van der Waals surface area contributed by atoms with E-state index in [4.69, 9.17) is 4.74 Å². The summed E-state index contributed by atoms with van der Waals surface area (Å²) in [5.74, 6) is 2.54. The zero-order valence-corrected chi connectivity index (χ0v) is 10.2. The van der Waals surface area contributed by atoms with Gasteiger partial charge in [-0.15, -0.1) is 0 Å². The molecule has 1 aromatic heterocycles. The van der Waals surface area contributed by atoms with Crippen LogP contribution in [0.1, 0.15) is 12.8 Å². The lowest BCUT2D eigenvalue weighted by Gasteiger charge is -2.09. The fourth-order valence-electron chi connectivity index (χ4n) is 1.27. The van der Waals surface area contributed by atoms with E-state index >= 15 is 0 Å². The fourth-order valence-corrected chi connectivity index (χ4v) is 1.69. The van der Waals surface area contributed by atoms with Crippen LogP contribution in [0.3, 0.4) is 0 Å². The first kappa shape index (κ1) is 10.0. The first-order chi connectivity index (χ1) is 6.79. The van der Waals surface area contributed by atoms with Crippen molar-refractivity contribution in [3.05, 3.63) is 15.8 Å². The number of aromatic nitrogens is 1. The molecule has 1 aromatic rings. The Bertz CT molecular complexity index is 326. The highest BCUT2D eigenvalue weighted by molar-refractivity contribution is 14.1. The van der Waals surface area contributed by atoms with Gasteiger partial charge < -0.3 is 10.1 Å². The molecule has 1 heterocycles. The number of pyridine rings is 1. The molecular weight excluding hydrogens is 291 g/mol. The van der Waals surface area contributed by atoms with Gasteiger partial charge in [-0.1, -0.05) is 0 Å². The second kappa shape index (κ2) is 4.33. The molecule has 1 N–H and O–H groups in total. The van der Waals surface area contributed by atoms with Gasteiger partial charge in [0.25, 0.3) is 0 Å². The molecule has 3 nitrogen and oxygen atoms in total. The normalized spacial score (nSPS) is 15.3. The molecule has 4 heteroatoms. The number of methoxy groups -OCH3 is 1. The van der Waals surface area contributed by atoms with Crippen LogP contribution < -0.4 is 10.1 Å². The van der Waals surface area contributed by atoms with Gasteiger partial charge in [0.15, 0.2) is 11.6 Å². The molecule has 0 spiro atoms. The van der Waals surface area contributed by atoms with Crippen LogP contribution in [-0.2, 0) is 0 Å². The number of ether oxygens (including phenoxy) is 1. The van der Waals surface area contributed by atoms with E-state index in [1.807, 2.05) is 12.3 Å². The Morgan fingerprint density at radius 3 is 3.07 bits per heavy atom. The number of hydrogen-bond acceptors (Lipinski definition) is 3. The molecule has 2 rings (SSSR count). The SMILES string of the molecule is COc1cc(I)cnc1NCC1CC1. The zero-order chi connectivity index (χ0) is 9.97. The third-order valence-corrected chi connectivity index (χ3v) is 2.88. The van der Waals surface area contributed by atoms with Crippen LogP contribution in [0.25, 0.3) is 0 Å². The van der Waals surface area contributed by atoms with Crippen molar-refractivity contribution in [2.45, 2.75) is 12.8 Å². The molecule has 0 aliphatic heterocycles. The van der Waals surface area contributed by atoms with E-state index in [9.17, 15) is 0 Å². The molecule has 14 heavy (non-hydrogen) atoms. The Labute approximate surface area is 97.4 Å². The number of hydrogen-bond donors (Lipinski definition) is 1. The van der Waals surface area contributed by atoms with E-state index in [-0.39, 0.29) is 0 Å². The van der Waals surface area contributed by atoms with Crippen molar-refractivity contribution in [1.82, 2.24) is 4.98 Å². The van der Waals surface area contributed by atoms with Gasteiger partial charge in [0.2, 0.25) is 0 Å². The summed E-state index contributed by atoms with van der Waals surface area (Å²) in [5.41, 5.74) is 0. The highest BCUT2D eigenvalue weighted by Crippen LogP contribution is 2.30. The van der Waals surface area contributed by atoms with Crippen molar-refractivity contribution in [3.8, 4) is 5.75 Å². The molecule has 0 saturated heterocycles. The van der Waals surface area contributed by atoms with Gasteiger partial charge in [-0.25, -0.2) is 4.98 Å². The number of halogens is 1. The summed E-state index contributed by atoms with van der Waals surface area (Å²) < 4.78 is 6.34. The summed E-state index contributed by atoms with van der Waals surface area (Å²) in [5, 5.41) is 3.31. The summed E-state index contributed by atoms with van der Waals surface area (Å²) in [7, 11) is 1.68. The molecule has 1 saturated carbocycles. The van der Waals surface area contributed by atoms with Gasteiger partial charge in [-0.3, -0.25) is 0 Å². The van der Waals surface area contributed by atoms with E-state index in [0.29, 0.717) is 0 Å². The van der Waals surface area contributed by atoms with E-state index < -0.39 is 0 Å². The molecule has 0 amide bonds. The Kier molecular flexibility index (Phi) is 3.10. The maximum Gasteiger partial charge on any atom is 0.168 e. The highest BCUT2D eigenvalue weighted by Gasteiger charge is 2.21. The summed E-state index contributed by atoms with van der Waals surface area (Å²) >= 11 is 2.23. The first-order valence-electron chi connectivity index (χ1n) is 4.73. The van der Waals surface area contributed by atoms with Crippen molar-refractivity contribution >= 4 is 28.4 Å². The number of anilines is 1. The van der Waals surface area contributed by atoms with Gasteiger partial charge in [0, 0.05) is 16.3 Å². The maximum atomic E-state index is 5.25. The molecule has 1 aliphatic carbocycles. The van der Waals surface area contributed by atoms with Gasteiger partial charge in [0.05, 0.1) is 7.11 Å². The highest BCUT2D eigenvalue weighted by atomic mass is 127. The Hall–Kier alpha value is -0.520. The van der Waals surface area contributed by atoms with E-state index in [2.05, 4.69) is 32.9 Å². The smallest absolute Gasteiger partial charge is 0.168 e. The number of rotatable bonds is 4. The molecular formula is C10H13IN2O. The predicted octanol–water partition coefficient (Wildman–Crippen LogP) is 2.52. The van der Waals surface area contributed by atoms with Crippen molar-refractivity contribution in [3.63, 3.8) is 0 Å².